The molecule has 0 saturated carbocycles. The van der Waals surface area contributed by atoms with Crippen molar-refractivity contribution < 1.29 is 29.2 Å². The molecule has 0 heterocycles. The van der Waals surface area contributed by atoms with Gasteiger partial charge < -0.3 is 0 Å². The topological polar surface area (TPSA) is 0 Å². The number of hydrogen-bond acceptors (Lipinski definition) is 0. The molecule has 0 nitrogen and oxygen atoms in total. The molecule has 0 aromatic heterocycles. The van der Waals surface area contributed by atoms with Gasteiger partial charge in [0.1, 0.15) is 0 Å². The van der Waals surface area contributed by atoms with Crippen LogP contribution in [-0.2, 0) is 26.9 Å². The van der Waals surface area contributed by atoms with Gasteiger partial charge in [-0.05, 0) is 0 Å². The molecule has 0 bridgehead atoms. The Morgan fingerprint density at radius 3 is 2.64 bits per heavy atom. The van der Waals surface area contributed by atoms with E-state index in [2.05, 4.69) is 0 Å². The number of rotatable bonds is 3. The normalized spacial score (nSPS) is 11.0. The summed E-state index contributed by atoms with van der Waals surface area (Å²) in [5, 5.41) is 0. The summed E-state index contributed by atoms with van der Waals surface area (Å²) >= 11 is 1.46. The van der Waals surface area contributed by atoms with E-state index in [1.54, 1.807) is 0 Å². The van der Waals surface area contributed by atoms with Crippen LogP contribution >= 0.6 is 0 Å². The molecule has 0 saturated heterocycles. The molecule has 0 aliphatic rings. The Bertz CT molecular complexity index is 345. The Hall–Kier alpha value is -0.466. The summed E-state index contributed by atoms with van der Waals surface area (Å²) < 4.78 is 26.4. The van der Waals surface area contributed by atoms with Gasteiger partial charge >= 0.3 is 94.3 Å². The van der Waals surface area contributed by atoms with Crippen LogP contribution in [0.15, 0.2) is 24.3 Å². The second kappa shape index (κ2) is 5.42. The first-order valence-electron chi connectivity index (χ1n) is 4.50. The van der Waals surface area contributed by atoms with Crippen LogP contribution in [0.3, 0.4) is 0 Å². The van der Waals surface area contributed by atoms with Crippen molar-refractivity contribution >= 4 is 3.87 Å². The van der Waals surface area contributed by atoms with E-state index in [4.69, 9.17) is 0 Å². The molecule has 0 amide bonds. The molecule has 73 valence electrons. The van der Waals surface area contributed by atoms with Gasteiger partial charge in [0.15, 0.2) is 0 Å². The standard InChI is InChI=1S/C11H11F2.Ti/c1-2-3-4-5-9-6-7-10(12)8-11(9)13;/h3-4,6-7H,2,5H2,1H3;. The minimum atomic E-state index is -0.481. The zero-order valence-electron chi connectivity index (χ0n) is 7.98. The molecule has 3 heteroatoms. The molecule has 0 aliphatic heterocycles. The second-order valence-electron chi connectivity index (χ2n) is 2.98. The fraction of sp³-hybridized carbons (Fsp3) is 0.273. The molecule has 0 unspecified atom stereocenters. The first-order chi connectivity index (χ1) is 6.66. The Morgan fingerprint density at radius 2 is 2.00 bits per heavy atom. The van der Waals surface area contributed by atoms with Crippen molar-refractivity contribution in [2.45, 2.75) is 19.8 Å². The van der Waals surface area contributed by atoms with Crippen LogP contribution in [0, 0.1) is 11.6 Å². The van der Waals surface area contributed by atoms with E-state index in [0.717, 1.165) is 6.42 Å². The molecule has 1 aromatic carbocycles. The fourth-order valence-electron chi connectivity index (χ4n) is 1.13. The van der Waals surface area contributed by atoms with Crippen molar-refractivity contribution in [2.24, 2.45) is 0 Å². The molecule has 0 fully saturated rings. The molecule has 0 N–H and O–H groups in total. The summed E-state index contributed by atoms with van der Waals surface area (Å²) in [5.74, 6) is -0.906. The van der Waals surface area contributed by atoms with Gasteiger partial charge in [-0.15, -0.1) is 0 Å². The zero-order valence-corrected chi connectivity index (χ0v) is 9.54. The summed E-state index contributed by atoms with van der Waals surface area (Å²) in [5.41, 5.74) is 0.550. The quantitative estimate of drug-likeness (QED) is 0.552. The van der Waals surface area contributed by atoms with Crippen molar-refractivity contribution in [1.29, 1.82) is 0 Å². The molecule has 14 heavy (non-hydrogen) atoms. The van der Waals surface area contributed by atoms with Crippen molar-refractivity contribution in [2.75, 3.05) is 0 Å². The van der Waals surface area contributed by atoms with E-state index in [1.807, 2.05) is 19.1 Å². The number of halogens is 2. The average Bonchev–Trinajstić information content (AvgIpc) is 2.18. The van der Waals surface area contributed by atoms with E-state index in [1.165, 1.54) is 32.6 Å². The molecular formula is C11H11F2Ti. The Balaban J connectivity index is 2.88. The van der Waals surface area contributed by atoms with Gasteiger partial charge in [0, 0.05) is 0 Å². The molecule has 0 spiro atoms. The first kappa shape index (κ1) is 11.6. The van der Waals surface area contributed by atoms with E-state index in [-0.39, 0.29) is 3.87 Å². The van der Waals surface area contributed by atoms with Crippen molar-refractivity contribution in [3.05, 3.63) is 41.5 Å². The first-order valence-corrected chi connectivity index (χ1v) is 5.28. The van der Waals surface area contributed by atoms with Crippen LogP contribution in [-0.4, -0.2) is 0 Å². The second-order valence-corrected chi connectivity index (χ2v) is 3.76. The van der Waals surface area contributed by atoms with Gasteiger partial charge in [0.25, 0.3) is 0 Å². The predicted octanol–water partition coefficient (Wildman–Crippen LogP) is 2.65. The summed E-state index contributed by atoms with van der Waals surface area (Å²) in [6.07, 6.45) is 5.33. The van der Waals surface area contributed by atoms with Gasteiger partial charge in [0.05, 0.1) is 0 Å². The Labute approximate surface area is 94.4 Å². The molecule has 1 rings (SSSR count). The maximum atomic E-state index is 13.4. The fourth-order valence-corrected chi connectivity index (χ4v) is 1.51. The molecule has 0 atom stereocenters. The molecular weight excluding hydrogens is 218 g/mol. The zero-order chi connectivity index (χ0) is 10.6. The maximum absolute atomic E-state index is 13.4. The van der Waals surface area contributed by atoms with Gasteiger partial charge in [0.2, 0.25) is 0 Å². The summed E-state index contributed by atoms with van der Waals surface area (Å²) in [7, 11) is 0. The van der Waals surface area contributed by atoms with Crippen LogP contribution in [0.5, 0.6) is 0 Å². The number of hydrogen-bond donors (Lipinski definition) is 0. The van der Waals surface area contributed by atoms with E-state index in [9.17, 15) is 8.78 Å². The van der Waals surface area contributed by atoms with Crippen molar-refractivity contribution in [1.82, 2.24) is 0 Å². The third-order valence-electron chi connectivity index (χ3n) is 1.91. The number of benzene rings is 1. The average molecular weight is 229 g/mol. The molecule has 1 aromatic rings. The van der Waals surface area contributed by atoms with Gasteiger partial charge in [-0.3, -0.25) is 0 Å². The predicted molar refractivity (Wildman–Crippen MR) is 49.1 cm³/mol. The van der Waals surface area contributed by atoms with E-state index in [0.29, 0.717) is 12.0 Å². The summed E-state index contributed by atoms with van der Waals surface area (Å²) in [4.78, 5) is 0. The van der Waals surface area contributed by atoms with Gasteiger partial charge in [-0.1, -0.05) is 0 Å². The third-order valence-corrected chi connectivity index (χ3v) is 2.63. The minimum absolute atomic E-state index is 0.104. The summed E-state index contributed by atoms with van der Waals surface area (Å²) in [6, 6.07) is 2.81. The molecule has 0 radical (unpaired) electrons. The van der Waals surface area contributed by atoms with Crippen molar-refractivity contribution in [3.8, 4) is 0 Å². The SMILES string of the molecule is CCC=CCc1ccc(F)[c]([Ti])c1F. The van der Waals surface area contributed by atoms with Crippen molar-refractivity contribution in [3.63, 3.8) is 0 Å². The Kier molecular flexibility index (Phi) is 4.50. The van der Waals surface area contributed by atoms with E-state index < -0.39 is 11.6 Å². The number of allylic oxidation sites excluding steroid dienone is 2. The monoisotopic (exact) mass is 229 g/mol. The van der Waals surface area contributed by atoms with Gasteiger partial charge in [-0.2, -0.15) is 0 Å². The van der Waals surface area contributed by atoms with Gasteiger partial charge in [-0.25, -0.2) is 0 Å². The van der Waals surface area contributed by atoms with E-state index >= 15 is 0 Å². The molecule has 0 aliphatic carbocycles. The third kappa shape index (κ3) is 2.76. The van der Waals surface area contributed by atoms with Crippen LogP contribution < -0.4 is 3.87 Å². The van der Waals surface area contributed by atoms with Crippen LogP contribution in [0.25, 0.3) is 0 Å². The summed E-state index contributed by atoms with van der Waals surface area (Å²) in [6.45, 7) is 2.02. The van der Waals surface area contributed by atoms with Crippen LogP contribution in [0.4, 0.5) is 8.78 Å². The Morgan fingerprint density at radius 1 is 1.29 bits per heavy atom. The van der Waals surface area contributed by atoms with Crippen LogP contribution in [0.2, 0.25) is 0 Å². The van der Waals surface area contributed by atoms with Crippen LogP contribution in [0.1, 0.15) is 18.9 Å².